The first-order valence-electron chi connectivity index (χ1n) is 14.2. The first kappa shape index (κ1) is 25.1. The van der Waals surface area contributed by atoms with Crippen LogP contribution in [-0.4, -0.2) is 4.98 Å². The fourth-order valence-corrected chi connectivity index (χ4v) is 10.0. The lowest BCUT2D eigenvalue weighted by Gasteiger charge is -2.25. The molecule has 0 N–H and O–H groups in total. The number of pyridine rings is 1. The van der Waals surface area contributed by atoms with Gasteiger partial charge in [-0.3, -0.25) is 4.98 Å². The highest BCUT2D eigenvalue weighted by Crippen LogP contribution is 2.44. The van der Waals surface area contributed by atoms with Crippen LogP contribution >= 0.6 is 6.04 Å². The van der Waals surface area contributed by atoms with Gasteiger partial charge in [0.2, 0.25) is 0 Å². The van der Waals surface area contributed by atoms with Crippen LogP contribution in [0.15, 0.2) is 158 Å². The van der Waals surface area contributed by atoms with Crippen LogP contribution in [0.3, 0.4) is 0 Å². The Bertz CT molecular complexity index is 2310. The van der Waals surface area contributed by atoms with E-state index in [4.69, 9.17) is 16.8 Å². The maximum atomic E-state index is 6.72. The van der Waals surface area contributed by atoms with Gasteiger partial charge < -0.3 is 0 Å². The second-order valence-electron chi connectivity index (χ2n) is 10.7. The van der Waals surface area contributed by atoms with Crippen LogP contribution in [0.25, 0.3) is 54.3 Å². The van der Waals surface area contributed by atoms with Crippen LogP contribution in [0.1, 0.15) is 0 Å². The normalized spacial score (nSPS) is 13.0. The minimum absolute atomic E-state index is 1.04. The Morgan fingerprint density at radius 2 is 1.10 bits per heavy atom. The van der Waals surface area contributed by atoms with Crippen molar-refractivity contribution in [3.63, 3.8) is 0 Å². The minimum atomic E-state index is -2.29. The molecule has 198 valence electrons. The average Bonchev–Trinajstić information content (AvgIpc) is 3.07. The molecular weight excluding hydrogens is 545 g/mol. The second-order valence-corrected chi connectivity index (χ2v) is 15.1. The third-order valence-corrected chi connectivity index (χ3v) is 13.3. The van der Waals surface area contributed by atoms with Gasteiger partial charge in [-0.1, -0.05) is 145 Å². The zero-order valence-corrected chi connectivity index (χ0v) is 24.5. The number of hydrogen-bond acceptors (Lipinski definition) is 2. The summed E-state index contributed by atoms with van der Waals surface area (Å²) in [4.78, 5) is 4.82. The molecule has 0 aliphatic heterocycles. The highest BCUT2D eigenvalue weighted by Gasteiger charge is 2.25. The van der Waals surface area contributed by atoms with E-state index in [2.05, 4.69) is 146 Å². The highest BCUT2D eigenvalue weighted by molar-refractivity contribution is 8.25. The summed E-state index contributed by atoms with van der Waals surface area (Å²) in [6.45, 7) is 0. The van der Waals surface area contributed by atoms with E-state index in [1.165, 1.54) is 59.4 Å². The van der Waals surface area contributed by atoms with Crippen molar-refractivity contribution in [2.45, 2.75) is 0 Å². The molecule has 0 aliphatic rings. The smallest absolute Gasteiger partial charge is 0.0786 e. The van der Waals surface area contributed by atoms with E-state index in [-0.39, 0.29) is 0 Å². The van der Waals surface area contributed by atoms with Crippen molar-refractivity contribution in [1.29, 1.82) is 0 Å². The number of fused-ring (bicyclic) bond motifs is 6. The van der Waals surface area contributed by atoms with Crippen LogP contribution < -0.4 is 15.9 Å². The van der Waals surface area contributed by atoms with E-state index in [0.717, 1.165) is 10.9 Å². The molecule has 0 bridgehead atoms. The number of aromatic nitrogens is 1. The van der Waals surface area contributed by atoms with E-state index in [1.54, 1.807) is 0 Å². The van der Waals surface area contributed by atoms with Gasteiger partial charge in [-0.2, -0.15) is 0 Å². The lowest BCUT2D eigenvalue weighted by atomic mass is 9.92. The molecule has 1 aromatic heterocycles. The molecule has 1 unspecified atom stereocenters. The molecule has 0 fully saturated rings. The van der Waals surface area contributed by atoms with Gasteiger partial charge >= 0.3 is 0 Å². The topological polar surface area (TPSA) is 12.9 Å². The minimum Gasteiger partial charge on any atom is -0.256 e. The molecule has 0 spiro atoms. The van der Waals surface area contributed by atoms with Crippen molar-refractivity contribution < 1.29 is 0 Å². The van der Waals surface area contributed by atoms with E-state index in [9.17, 15) is 0 Å². The third kappa shape index (κ3) is 3.99. The van der Waals surface area contributed by atoms with E-state index in [0.29, 0.717) is 0 Å². The second kappa shape index (κ2) is 10.0. The van der Waals surface area contributed by atoms with Crippen LogP contribution in [0.4, 0.5) is 0 Å². The molecule has 1 nitrogen and oxygen atoms in total. The van der Waals surface area contributed by atoms with Gasteiger partial charge in [0.25, 0.3) is 0 Å². The summed E-state index contributed by atoms with van der Waals surface area (Å²) in [5, 5.41) is 12.1. The van der Waals surface area contributed by atoms with Crippen molar-refractivity contribution in [2.24, 2.45) is 0 Å². The summed E-state index contributed by atoms with van der Waals surface area (Å²) < 4.78 is 0. The third-order valence-electron chi connectivity index (χ3n) is 8.35. The lowest BCUT2D eigenvalue weighted by Crippen LogP contribution is -2.24. The lowest BCUT2D eigenvalue weighted by molar-refractivity contribution is 1.43. The number of nitrogens with zero attached hydrogens (tertiary/aromatic N) is 1. The molecule has 0 saturated carbocycles. The average molecular weight is 572 g/mol. The molecule has 0 saturated heterocycles. The van der Waals surface area contributed by atoms with E-state index in [1.807, 2.05) is 12.3 Å². The van der Waals surface area contributed by atoms with Gasteiger partial charge in [-0.05, 0) is 72.2 Å². The molecular formula is C39H26NPS. The van der Waals surface area contributed by atoms with Gasteiger partial charge in [0.05, 0.1) is 5.52 Å². The van der Waals surface area contributed by atoms with Gasteiger partial charge in [0.1, 0.15) is 0 Å². The Morgan fingerprint density at radius 1 is 0.452 bits per heavy atom. The van der Waals surface area contributed by atoms with E-state index < -0.39 is 6.04 Å². The molecule has 3 heteroatoms. The predicted molar refractivity (Wildman–Crippen MR) is 186 cm³/mol. The quantitative estimate of drug-likeness (QED) is 0.154. The first-order valence-corrected chi connectivity index (χ1v) is 17.0. The number of benzene rings is 7. The molecule has 1 heterocycles. The van der Waals surface area contributed by atoms with Crippen molar-refractivity contribution in [3.8, 4) is 11.1 Å². The Hall–Kier alpha value is -4.62. The molecule has 0 amide bonds. The van der Waals surface area contributed by atoms with Crippen LogP contribution in [0.5, 0.6) is 0 Å². The highest BCUT2D eigenvalue weighted by atomic mass is 32.4. The number of hydrogen-bond donors (Lipinski definition) is 0. The molecule has 8 rings (SSSR count). The summed E-state index contributed by atoms with van der Waals surface area (Å²) in [5.41, 5.74) is 3.43. The Labute approximate surface area is 250 Å². The molecule has 0 aliphatic carbocycles. The van der Waals surface area contributed by atoms with Crippen LogP contribution in [0.2, 0.25) is 0 Å². The summed E-state index contributed by atoms with van der Waals surface area (Å²) in [5.74, 6) is 0. The Morgan fingerprint density at radius 3 is 1.93 bits per heavy atom. The van der Waals surface area contributed by atoms with Crippen molar-refractivity contribution in [3.05, 3.63) is 158 Å². The molecule has 7 aromatic carbocycles. The Balaban J connectivity index is 1.33. The van der Waals surface area contributed by atoms with Crippen LogP contribution in [-0.2, 0) is 11.8 Å². The first-order chi connectivity index (χ1) is 20.7. The van der Waals surface area contributed by atoms with Crippen molar-refractivity contribution in [2.75, 3.05) is 0 Å². The maximum absolute atomic E-state index is 6.72. The monoisotopic (exact) mass is 571 g/mol. The molecule has 0 radical (unpaired) electrons. The fraction of sp³-hybridized carbons (Fsp3) is 0. The van der Waals surface area contributed by atoms with Crippen molar-refractivity contribution >= 4 is 77.0 Å². The largest absolute Gasteiger partial charge is 0.256 e. The molecule has 42 heavy (non-hydrogen) atoms. The molecule has 8 aromatic rings. The van der Waals surface area contributed by atoms with E-state index >= 15 is 0 Å². The van der Waals surface area contributed by atoms with Gasteiger partial charge in [-0.15, -0.1) is 0 Å². The summed E-state index contributed by atoms with van der Waals surface area (Å²) in [7, 11) is 0. The standard InChI is InChI=1S/C39H26NPS/c42-41(32-13-2-1-3-14-32,34-22-16-27-9-4-5-11-30(27)25-34)33-20-17-29(18-21-33)37-26-31-12-8-24-40-39(31)38-35-15-7-6-10-28(35)19-23-36(37)38/h1-26H. The van der Waals surface area contributed by atoms with Crippen LogP contribution in [0, 0.1) is 0 Å². The summed E-state index contributed by atoms with van der Waals surface area (Å²) in [6.07, 6.45) is 1.89. The zero-order chi connectivity index (χ0) is 28.1. The van der Waals surface area contributed by atoms with Gasteiger partial charge in [0, 0.05) is 23.0 Å². The summed E-state index contributed by atoms with van der Waals surface area (Å²) >= 11 is 6.72. The van der Waals surface area contributed by atoms with Crippen molar-refractivity contribution in [1.82, 2.24) is 4.98 Å². The predicted octanol–water partition coefficient (Wildman–Crippen LogP) is 9.12. The zero-order valence-electron chi connectivity index (χ0n) is 22.8. The fourth-order valence-electron chi connectivity index (χ4n) is 6.27. The Kier molecular flexibility index (Phi) is 6.00. The number of rotatable bonds is 4. The maximum Gasteiger partial charge on any atom is 0.0786 e. The van der Waals surface area contributed by atoms with Gasteiger partial charge in [-0.25, -0.2) is 0 Å². The SMILES string of the molecule is S=P(c1ccccc1)(c1ccc(-c2cc3cccnc3c3c2ccc2ccccc23)cc1)c1ccc2ccccc2c1. The summed E-state index contributed by atoms with van der Waals surface area (Å²) in [6, 6.07) is 52.2. The molecule has 1 atom stereocenters. The van der Waals surface area contributed by atoms with Gasteiger partial charge in [0.15, 0.2) is 0 Å².